The molecular formula is C22H19NO5S. The van der Waals surface area contributed by atoms with Crippen LogP contribution in [-0.2, 0) is 19.1 Å². The number of rotatable bonds is 6. The van der Waals surface area contributed by atoms with Gasteiger partial charge in [-0.25, -0.2) is 4.79 Å². The topological polar surface area (TPSA) is 81.7 Å². The van der Waals surface area contributed by atoms with Gasteiger partial charge in [0.25, 0.3) is 5.91 Å². The van der Waals surface area contributed by atoms with Gasteiger partial charge in [0.05, 0.1) is 12.7 Å². The van der Waals surface area contributed by atoms with E-state index in [0.29, 0.717) is 10.6 Å². The number of hydrogen-bond acceptors (Lipinski definition) is 6. The zero-order chi connectivity index (χ0) is 20.8. The number of esters is 2. The van der Waals surface area contributed by atoms with Gasteiger partial charge in [-0.05, 0) is 11.6 Å². The first-order valence-electron chi connectivity index (χ1n) is 8.80. The first kappa shape index (κ1) is 20.3. The highest BCUT2D eigenvalue weighted by Crippen LogP contribution is 2.36. The number of carbonyl (C=O) groups excluding carboxylic acids is 3. The van der Waals surface area contributed by atoms with Crippen molar-refractivity contribution in [1.29, 1.82) is 0 Å². The van der Waals surface area contributed by atoms with E-state index < -0.39 is 23.9 Å². The van der Waals surface area contributed by atoms with Gasteiger partial charge in [0.2, 0.25) is 6.10 Å². The number of nitrogens with one attached hydrogen (secondary N) is 1. The van der Waals surface area contributed by atoms with Gasteiger partial charge in [0.1, 0.15) is 5.00 Å². The van der Waals surface area contributed by atoms with Crippen molar-refractivity contribution in [3.05, 3.63) is 77.9 Å². The highest BCUT2D eigenvalue weighted by atomic mass is 32.1. The van der Waals surface area contributed by atoms with Crippen LogP contribution in [0.15, 0.2) is 66.7 Å². The maximum Gasteiger partial charge on any atom is 0.340 e. The molecular weight excluding hydrogens is 390 g/mol. The van der Waals surface area contributed by atoms with Crippen LogP contribution in [0.4, 0.5) is 5.00 Å². The summed E-state index contributed by atoms with van der Waals surface area (Å²) >= 11 is 1.24. The van der Waals surface area contributed by atoms with Crippen LogP contribution in [-0.4, -0.2) is 25.0 Å². The molecule has 0 bridgehead atoms. The van der Waals surface area contributed by atoms with Crippen molar-refractivity contribution in [2.24, 2.45) is 0 Å². The number of ether oxygens (including phenoxy) is 2. The van der Waals surface area contributed by atoms with Crippen LogP contribution in [0.5, 0.6) is 0 Å². The molecule has 148 valence electrons. The fourth-order valence-electron chi connectivity index (χ4n) is 2.73. The van der Waals surface area contributed by atoms with Gasteiger partial charge < -0.3 is 14.8 Å². The van der Waals surface area contributed by atoms with Gasteiger partial charge in [0, 0.05) is 17.4 Å². The second-order valence-corrected chi connectivity index (χ2v) is 7.15. The minimum atomic E-state index is -1.14. The summed E-state index contributed by atoms with van der Waals surface area (Å²) in [5.41, 5.74) is 1.67. The lowest BCUT2D eigenvalue weighted by Gasteiger charge is -2.17. The summed E-state index contributed by atoms with van der Waals surface area (Å²) in [6, 6.07) is 19.8. The molecule has 7 heteroatoms. The van der Waals surface area contributed by atoms with Gasteiger partial charge in [-0.2, -0.15) is 0 Å². The molecule has 0 radical (unpaired) electrons. The van der Waals surface area contributed by atoms with E-state index in [9.17, 15) is 14.4 Å². The van der Waals surface area contributed by atoms with Crippen LogP contribution in [0.2, 0.25) is 0 Å². The number of carbonyl (C=O) groups is 3. The summed E-state index contributed by atoms with van der Waals surface area (Å²) in [4.78, 5) is 37.5. The zero-order valence-electron chi connectivity index (χ0n) is 15.9. The predicted octanol–water partition coefficient (Wildman–Crippen LogP) is 4.44. The number of amides is 1. The van der Waals surface area contributed by atoms with Crippen molar-refractivity contribution in [2.75, 3.05) is 12.4 Å². The van der Waals surface area contributed by atoms with Crippen molar-refractivity contribution in [3.63, 3.8) is 0 Å². The van der Waals surface area contributed by atoms with Crippen LogP contribution >= 0.6 is 11.3 Å². The lowest BCUT2D eigenvalue weighted by molar-refractivity contribution is -0.152. The Balaban J connectivity index is 1.94. The molecule has 29 heavy (non-hydrogen) atoms. The molecule has 1 atom stereocenters. The van der Waals surface area contributed by atoms with Crippen molar-refractivity contribution < 1.29 is 23.9 Å². The van der Waals surface area contributed by atoms with Crippen molar-refractivity contribution in [1.82, 2.24) is 0 Å². The Hall–Kier alpha value is -3.45. The van der Waals surface area contributed by atoms with Gasteiger partial charge in [0.15, 0.2) is 0 Å². The molecule has 0 aliphatic heterocycles. The quantitative estimate of drug-likeness (QED) is 0.609. The van der Waals surface area contributed by atoms with Gasteiger partial charge in [-0.3, -0.25) is 9.59 Å². The highest BCUT2D eigenvalue weighted by Gasteiger charge is 2.27. The molecule has 1 heterocycles. The smallest absolute Gasteiger partial charge is 0.340 e. The fourth-order valence-corrected chi connectivity index (χ4v) is 3.79. The third kappa shape index (κ3) is 4.89. The van der Waals surface area contributed by atoms with Gasteiger partial charge in [-0.15, -0.1) is 11.3 Å². The summed E-state index contributed by atoms with van der Waals surface area (Å²) in [6.07, 6.45) is -1.14. The van der Waals surface area contributed by atoms with E-state index >= 15 is 0 Å². The Bertz CT molecular complexity index is 1010. The summed E-state index contributed by atoms with van der Waals surface area (Å²) in [5, 5.41) is 3.05. The van der Waals surface area contributed by atoms with Crippen molar-refractivity contribution >= 4 is 34.2 Å². The Morgan fingerprint density at radius 3 is 2.17 bits per heavy atom. The largest absolute Gasteiger partial charge is 0.465 e. The molecule has 1 aromatic heterocycles. The number of methoxy groups -OCH3 is 1. The van der Waals surface area contributed by atoms with Gasteiger partial charge >= 0.3 is 11.9 Å². The highest BCUT2D eigenvalue weighted by molar-refractivity contribution is 7.20. The van der Waals surface area contributed by atoms with Crippen LogP contribution in [0, 0.1) is 0 Å². The lowest BCUT2D eigenvalue weighted by Crippen LogP contribution is -2.25. The summed E-state index contributed by atoms with van der Waals surface area (Å²) < 4.78 is 10.1. The Labute approximate surface area is 172 Å². The fraction of sp³-hybridized carbons (Fsp3) is 0.136. The second-order valence-electron chi connectivity index (χ2n) is 6.10. The summed E-state index contributed by atoms with van der Waals surface area (Å²) in [7, 11) is 1.28. The van der Waals surface area contributed by atoms with E-state index in [1.807, 2.05) is 30.3 Å². The molecule has 3 aromatic rings. The summed E-state index contributed by atoms with van der Waals surface area (Å²) in [5.74, 6) is -1.71. The average molecular weight is 409 g/mol. The third-order valence-corrected chi connectivity index (χ3v) is 5.16. The molecule has 1 N–H and O–H groups in total. The van der Waals surface area contributed by atoms with E-state index in [1.54, 1.807) is 36.4 Å². The lowest BCUT2D eigenvalue weighted by atomic mass is 10.1. The molecule has 0 unspecified atom stereocenters. The Kier molecular flexibility index (Phi) is 6.41. The maximum absolute atomic E-state index is 12.9. The first-order valence-corrected chi connectivity index (χ1v) is 9.62. The number of benzene rings is 2. The van der Waals surface area contributed by atoms with Crippen LogP contribution in [0.3, 0.4) is 0 Å². The SMILES string of the molecule is COC(=O)c1cc(-c2ccccc2)sc1NC(=O)[C@@H](OC(C)=O)c1ccccc1. The summed E-state index contributed by atoms with van der Waals surface area (Å²) in [6.45, 7) is 1.24. The molecule has 0 aliphatic rings. The molecule has 1 amide bonds. The second kappa shape index (κ2) is 9.16. The van der Waals surface area contributed by atoms with E-state index in [4.69, 9.17) is 9.47 Å². The molecule has 0 saturated carbocycles. The zero-order valence-corrected chi connectivity index (χ0v) is 16.7. The predicted molar refractivity (Wildman–Crippen MR) is 111 cm³/mol. The number of thiophene rings is 1. The van der Waals surface area contributed by atoms with Gasteiger partial charge in [-0.1, -0.05) is 60.7 Å². The van der Waals surface area contributed by atoms with Crippen molar-refractivity contribution in [2.45, 2.75) is 13.0 Å². The Morgan fingerprint density at radius 2 is 1.59 bits per heavy atom. The van der Waals surface area contributed by atoms with E-state index in [0.717, 1.165) is 10.4 Å². The van der Waals surface area contributed by atoms with Crippen LogP contribution < -0.4 is 5.32 Å². The minimum absolute atomic E-state index is 0.235. The molecule has 0 spiro atoms. The van der Waals surface area contributed by atoms with Crippen LogP contribution in [0.1, 0.15) is 28.9 Å². The molecule has 2 aromatic carbocycles. The number of anilines is 1. The third-order valence-electron chi connectivity index (χ3n) is 4.06. The van der Waals surface area contributed by atoms with E-state index in [2.05, 4.69) is 5.32 Å². The Morgan fingerprint density at radius 1 is 0.966 bits per heavy atom. The van der Waals surface area contributed by atoms with E-state index in [1.165, 1.54) is 25.4 Å². The standard InChI is InChI=1S/C22H19NO5S/c1-14(24)28-19(16-11-7-4-8-12-16)20(25)23-21-17(22(26)27-2)13-18(29-21)15-9-5-3-6-10-15/h3-13,19H,1-2H3,(H,23,25)/t19-/m0/s1. The molecule has 3 rings (SSSR count). The average Bonchev–Trinajstić information content (AvgIpc) is 3.16. The normalized spacial score (nSPS) is 11.4. The first-order chi connectivity index (χ1) is 14.0. The minimum Gasteiger partial charge on any atom is -0.465 e. The molecule has 0 saturated heterocycles. The van der Waals surface area contributed by atoms with Crippen LogP contribution in [0.25, 0.3) is 10.4 Å². The molecule has 6 nitrogen and oxygen atoms in total. The van der Waals surface area contributed by atoms with E-state index in [-0.39, 0.29) is 5.56 Å². The monoisotopic (exact) mass is 409 g/mol. The van der Waals surface area contributed by atoms with Crippen molar-refractivity contribution in [3.8, 4) is 10.4 Å². The molecule has 0 aliphatic carbocycles. The number of hydrogen-bond donors (Lipinski definition) is 1. The maximum atomic E-state index is 12.9. The molecule has 0 fully saturated rings.